The van der Waals surface area contributed by atoms with Crippen molar-refractivity contribution in [3.8, 4) is 0 Å². The minimum atomic E-state index is -4.20. The van der Waals surface area contributed by atoms with Gasteiger partial charge in [0.15, 0.2) is 9.84 Å². The first kappa shape index (κ1) is 59.4. The van der Waals surface area contributed by atoms with E-state index in [0.717, 1.165) is 43.6 Å². The lowest BCUT2D eigenvalue weighted by molar-refractivity contribution is -0.113. The van der Waals surface area contributed by atoms with Crippen LogP contribution >= 0.6 is 57.1 Å². The van der Waals surface area contributed by atoms with E-state index in [2.05, 4.69) is 32.3 Å². The lowest BCUT2D eigenvalue weighted by Crippen LogP contribution is -2.36. The number of rotatable bonds is 11. The molecule has 0 aromatic heterocycles. The van der Waals surface area contributed by atoms with Crippen LogP contribution in [0.4, 0.5) is 14.5 Å². The molecular formula is C45H51Cl5F2N2O8S3. The maximum atomic E-state index is 13.2. The smallest absolute Gasteiger partial charge is 0.271 e. The molecule has 0 N–H and O–H groups in total. The molecule has 0 spiro atoms. The quantitative estimate of drug-likeness (QED) is 0.0719. The Morgan fingerprint density at radius 3 is 1.42 bits per heavy atom. The van der Waals surface area contributed by atoms with Crippen LogP contribution in [-0.2, 0) is 44.2 Å². The fourth-order valence-electron chi connectivity index (χ4n) is 5.11. The van der Waals surface area contributed by atoms with Gasteiger partial charge in [-0.15, -0.1) is 23.2 Å². The van der Waals surface area contributed by atoms with Crippen LogP contribution in [0.2, 0.25) is 10.0 Å². The third-order valence-corrected chi connectivity index (χ3v) is 13.9. The van der Waals surface area contributed by atoms with Gasteiger partial charge in [0.05, 0.1) is 36.5 Å². The number of anilines is 1. The summed E-state index contributed by atoms with van der Waals surface area (Å²) >= 11 is 21.2. The van der Waals surface area contributed by atoms with E-state index in [9.17, 15) is 38.8 Å². The van der Waals surface area contributed by atoms with Crippen LogP contribution in [0.5, 0.6) is 0 Å². The van der Waals surface area contributed by atoms with Crippen molar-refractivity contribution in [1.82, 2.24) is 4.90 Å². The molecule has 1 aliphatic heterocycles. The number of nitrogens with zero attached hydrogens (tertiary/aromatic N) is 2. The molecule has 0 atom stereocenters. The van der Waals surface area contributed by atoms with Crippen LogP contribution in [0.1, 0.15) is 39.2 Å². The predicted octanol–water partition coefficient (Wildman–Crippen LogP) is 12.0. The van der Waals surface area contributed by atoms with Gasteiger partial charge in [-0.1, -0.05) is 111 Å². The van der Waals surface area contributed by atoms with E-state index in [4.69, 9.17) is 61.8 Å². The first-order chi connectivity index (χ1) is 30.7. The van der Waals surface area contributed by atoms with Gasteiger partial charge in [0.25, 0.3) is 25.0 Å². The number of alkyl halides is 2. The van der Waals surface area contributed by atoms with Gasteiger partial charge in [-0.05, 0) is 111 Å². The summed E-state index contributed by atoms with van der Waals surface area (Å²) in [6, 6.07) is 30.1. The van der Waals surface area contributed by atoms with E-state index in [-0.39, 0.29) is 41.5 Å². The number of ether oxygens (including phenoxy) is 1. The van der Waals surface area contributed by atoms with Gasteiger partial charge in [-0.2, -0.15) is 4.31 Å². The highest BCUT2D eigenvalue weighted by molar-refractivity contribution is 8.13. The molecule has 1 aliphatic rings. The van der Waals surface area contributed by atoms with E-state index < -0.39 is 46.5 Å². The zero-order valence-corrected chi connectivity index (χ0v) is 42.0. The Bertz CT molecular complexity index is 2490. The van der Waals surface area contributed by atoms with Crippen LogP contribution in [0.25, 0.3) is 0 Å². The van der Waals surface area contributed by atoms with E-state index in [1.54, 1.807) is 42.5 Å². The van der Waals surface area contributed by atoms with Crippen molar-refractivity contribution in [2.45, 2.75) is 54.1 Å². The van der Waals surface area contributed by atoms with Crippen molar-refractivity contribution >= 4 is 97.6 Å². The molecule has 5 aromatic rings. The van der Waals surface area contributed by atoms with Gasteiger partial charge in [-0.25, -0.2) is 34.0 Å². The molecule has 0 bridgehead atoms. The minimum Gasteiger partial charge on any atom is -0.381 e. The molecule has 6 rings (SSSR count). The first-order valence-corrected chi connectivity index (χ1v) is 26.8. The highest BCUT2D eigenvalue weighted by atomic mass is 35.7. The summed E-state index contributed by atoms with van der Waals surface area (Å²) in [7, 11) is -6.15. The molecule has 1 saturated heterocycles. The predicted molar refractivity (Wildman–Crippen MR) is 261 cm³/mol. The summed E-state index contributed by atoms with van der Waals surface area (Å²) in [5.41, 5.74) is 0.249. The van der Waals surface area contributed by atoms with Crippen LogP contribution in [0, 0.1) is 11.6 Å². The second-order valence-electron chi connectivity index (χ2n) is 12.8. The monoisotopic (exact) mass is 1060 g/mol. The van der Waals surface area contributed by atoms with Gasteiger partial charge in [0, 0.05) is 28.9 Å². The number of hydrogen-bond donors (Lipinski definition) is 0. The van der Waals surface area contributed by atoms with Gasteiger partial charge in [0.2, 0.25) is 0 Å². The zero-order valence-electron chi connectivity index (χ0n) is 35.8. The standard InChI is InChI=1S/C15H11ClFNO3S.C13H10ClFO2S.C6H5ClO2S.C6H15N.C4H8O.CH2Cl2/c1-2-15(19)18(14-9-8-11(17)10-13(14)16)22(20,21)12-6-4-3-5-7-12;14-13-8-11(15)7-6-10(13)9-18(16,17)12-4-2-1-3-5-12;7-10(8,9)6-4-2-1-3-5-6;1-4-7(5-2)6-3;1-2-4-5-3-1;2-1-3/h2-10H,1H2;1-8H,9H2;1-5H;4-6H2,1-3H3;1-4H2;1H2. The average molecular weight is 1060 g/mol. The molecule has 10 nitrogen and oxygen atoms in total. The molecule has 0 unspecified atom stereocenters. The number of sulfonamides is 1. The molecule has 65 heavy (non-hydrogen) atoms. The molecule has 20 heteroatoms. The number of carbonyl (C=O) groups is 1. The molecular weight excluding hydrogens is 1010 g/mol. The summed E-state index contributed by atoms with van der Waals surface area (Å²) in [5.74, 6) is -2.26. The highest BCUT2D eigenvalue weighted by Crippen LogP contribution is 2.31. The number of amides is 1. The topological polar surface area (TPSA) is 135 Å². The Morgan fingerprint density at radius 1 is 0.662 bits per heavy atom. The number of benzene rings is 5. The van der Waals surface area contributed by atoms with Crippen LogP contribution < -0.4 is 4.31 Å². The van der Waals surface area contributed by atoms with Gasteiger partial charge in [0.1, 0.15) is 11.6 Å². The SMILES string of the molecule is C1CCOC1.C=CC(=O)N(c1ccc(F)cc1Cl)S(=O)(=O)c1ccccc1.CCN(CC)CC.ClCCl.O=S(=O)(Cc1ccc(F)cc1Cl)c1ccccc1.O=S(=O)(Cl)c1ccccc1. The molecule has 0 aliphatic carbocycles. The van der Waals surface area contributed by atoms with Crippen LogP contribution in [0.15, 0.2) is 155 Å². The summed E-state index contributed by atoms with van der Waals surface area (Å²) < 4.78 is 102. The Kier molecular flexibility index (Phi) is 28.7. The van der Waals surface area contributed by atoms with Gasteiger partial charge >= 0.3 is 0 Å². The zero-order chi connectivity index (χ0) is 49.1. The second kappa shape index (κ2) is 31.4. The lowest BCUT2D eigenvalue weighted by atomic mass is 10.2. The third kappa shape index (κ3) is 22.2. The fraction of sp³-hybridized carbons (Fsp3) is 0.267. The Morgan fingerprint density at radius 2 is 1.08 bits per heavy atom. The molecule has 1 fully saturated rings. The van der Waals surface area contributed by atoms with E-state index in [1.165, 1.54) is 93.1 Å². The minimum absolute atomic E-state index is 0.0920. The van der Waals surface area contributed by atoms with Crippen LogP contribution in [-0.4, -0.2) is 74.2 Å². The summed E-state index contributed by atoms with van der Waals surface area (Å²) in [4.78, 5) is 14.7. The molecule has 356 valence electrons. The number of sulfone groups is 1. The highest BCUT2D eigenvalue weighted by Gasteiger charge is 2.31. The molecule has 0 radical (unpaired) electrons. The maximum absolute atomic E-state index is 13.2. The van der Waals surface area contributed by atoms with Crippen molar-refractivity contribution in [1.29, 1.82) is 0 Å². The maximum Gasteiger partial charge on any atom is 0.271 e. The normalized spacial score (nSPS) is 11.9. The van der Waals surface area contributed by atoms with Crippen molar-refractivity contribution in [3.05, 3.63) is 167 Å². The Labute approximate surface area is 407 Å². The van der Waals surface area contributed by atoms with E-state index in [0.29, 0.717) is 9.87 Å². The van der Waals surface area contributed by atoms with Crippen molar-refractivity contribution < 1.29 is 43.6 Å². The number of carbonyl (C=O) groups excluding carboxylic acids is 1. The van der Waals surface area contributed by atoms with E-state index in [1.807, 2.05) is 0 Å². The Hall–Kier alpha value is -3.61. The van der Waals surface area contributed by atoms with Crippen molar-refractivity contribution in [2.24, 2.45) is 0 Å². The van der Waals surface area contributed by atoms with Gasteiger partial charge < -0.3 is 9.64 Å². The lowest BCUT2D eigenvalue weighted by Gasteiger charge is -2.22. The largest absolute Gasteiger partial charge is 0.381 e. The van der Waals surface area contributed by atoms with Crippen molar-refractivity contribution in [3.63, 3.8) is 0 Å². The van der Waals surface area contributed by atoms with E-state index >= 15 is 0 Å². The molecule has 5 aromatic carbocycles. The summed E-state index contributed by atoms with van der Waals surface area (Å²) in [5, 5.41) is 0.115. The van der Waals surface area contributed by atoms with Gasteiger partial charge in [-0.3, -0.25) is 4.79 Å². The first-order valence-electron chi connectivity index (χ1n) is 19.6. The molecule has 1 heterocycles. The summed E-state index contributed by atoms with van der Waals surface area (Å²) in [6.07, 6.45) is 3.40. The fourth-order valence-corrected chi connectivity index (χ4v) is 9.36. The Balaban J connectivity index is 0.000000435. The second-order valence-corrected chi connectivity index (χ2v) is 20.8. The third-order valence-electron chi connectivity index (χ3n) is 8.44. The number of halogens is 7. The summed E-state index contributed by atoms with van der Waals surface area (Å²) in [6.45, 7) is 15.4. The average Bonchev–Trinajstić information content (AvgIpc) is 3.89. The molecule has 0 saturated carbocycles. The van der Waals surface area contributed by atoms with Crippen LogP contribution in [0.3, 0.4) is 0 Å². The van der Waals surface area contributed by atoms with Crippen molar-refractivity contribution in [2.75, 3.05) is 42.5 Å². The number of hydrogen-bond acceptors (Lipinski definition) is 9. The molecule has 1 amide bonds.